The maximum Gasteiger partial charge on any atom is 0.331 e. The molecule has 148 valence electrons. The zero-order valence-electron chi connectivity index (χ0n) is 15.6. The van der Waals surface area contributed by atoms with E-state index in [1.54, 1.807) is 6.07 Å². The van der Waals surface area contributed by atoms with Crippen molar-refractivity contribution in [1.82, 2.24) is 10.3 Å². The summed E-state index contributed by atoms with van der Waals surface area (Å²) in [5.74, 6) is 1.39. The van der Waals surface area contributed by atoms with Gasteiger partial charge in [-0.05, 0) is 67.5 Å². The molecule has 1 N–H and O–H groups in total. The Kier molecular flexibility index (Phi) is 5.02. The molecule has 1 aromatic carbocycles. The second-order valence-corrected chi connectivity index (χ2v) is 8.03. The highest BCUT2D eigenvalue weighted by molar-refractivity contribution is 5.85. The van der Waals surface area contributed by atoms with Gasteiger partial charge in [-0.25, -0.2) is 4.98 Å². The van der Waals surface area contributed by atoms with Gasteiger partial charge in [0.1, 0.15) is 5.75 Å². The second kappa shape index (κ2) is 7.33. The molecule has 7 heteroatoms. The lowest BCUT2D eigenvalue weighted by Crippen LogP contribution is -2.59. The SMILES string of the molecule is Cl.O=[N+]([O-])c1cccnc1Oc1ccc2c(c1)[C@@]13CCCC[C@H]1[C@@H](C2)NCC3. The summed E-state index contributed by atoms with van der Waals surface area (Å²) in [5.41, 5.74) is 2.93. The highest BCUT2D eigenvalue weighted by Crippen LogP contribution is 2.54. The van der Waals surface area contributed by atoms with E-state index in [2.05, 4.69) is 22.4 Å². The second-order valence-electron chi connectivity index (χ2n) is 8.03. The van der Waals surface area contributed by atoms with Crippen LogP contribution in [-0.2, 0) is 11.8 Å². The van der Waals surface area contributed by atoms with Gasteiger partial charge in [-0.2, -0.15) is 0 Å². The van der Waals surface area contributed by atoms with Crippen LogP contribution in [-0.4, -0.2) is 22.5 Å². The Morgan fingerprint density at radius 2 is 2.14 bits per heavy atom. The van der Waals surface area contributed by atoms with E-state index in [1.165, 1.54) is 49.1 Å². The largest absolute Gasteiger partial charge is 0.434 e. The number of aromatic nitrogens is 1. The summed E-state index contributed by atoms with van der Waals surface area (Å²) in [6.45, 7) is 1.07. The predicted octanol–water partition coefficient (Wildman–Crippen LogP) is 4.55. The molecule has 0 amide bonds. The first-order valence-electron chi connectivity index (χ1n) is 9.81. The van der Waals surface area contributed by atoms with Crippen LogP contribution in [0.5, 0.6) is 11.6 Å². The Morgan fingerprint density at radius 3 is 3.00 bits per heavy atom. The first-order valence-corrected chi connectivity index (χ1v) is 9.81. The molecule has 0 spiro atoms. The number of fused-ring (bicyclic) bond motifs is 1. The standard InChI is InChI=1S/C21H23N3O3.ClH/c25-24(26)19-5-3-10-23-20(19)27-15-7-6-14-12-18-16-4-1-2-8-21(16,9-11-22-18)17(14)13-15;/h3,5-7,10,13,16,18,22H,1-2,4,8-9,11-12H2;1H/t16-,18+,21+;/m0./s1. The van der Waals surface area contributed by atoms with Crippen LogP contribution in [0.15, 0.2) is 36.5 Å². The monoisotopic (exact) mass is 401 g/mol. The van der Waals surface area contributed by atoms with Crippen LogP contribution in [0.1, 0.15) is 43.2 Å². The zero-order chi connectivity index (χ0) is 18.4. The van der Waals surface area contributed by atoms with Crippen LogP contribution in [0.4, 0.5) is 5.69 Å². The van der Waals surface area contributed by atoms with Crippen LogP contribution in [0.2, 0.25) is 0 Å². The number of pyridine rings is 1. The highest BCUT2D eigenvalue weighted by atomic mass is 35.5. The van der Waals surface area contributed by atoms with Gasteiger partial charge in [-0.15, -0.1) is 12.4 Å². The minimum Gasteiger partial charge on any atom is -0.434 e. The molecular weight excluding hydrogens is 378 g/mol. The highest BCUT2D eigenvalue weighted by Gasteiger charge is 2.51. The van der Waals surface area contributed by atoms with Crippen LogP contribution in [0.3, 0.4) is 0 Å². The van der Waals surface area contributed by atoms with E-state index < -0.39 is 4.92 Å². The quantitative estimate of drug-likeness (QED) is 0.603. The van der Waals surface area contributed by atoms with Crippen LogP contribution < -0.4 is 10.1 Å². The van der Waals surface area contributed by atoms with E-state index in [0.29, 0.717) is 17.7 Å². The van der Waals surface area contributed by atoms with Gasteiger partial charge in [0.25, 0.3) is 5.88 Å². The van der Waals surface area contributed by atoms with Gasteiger partial charge < -0.3 is 10.1 Å². The van der Waals surface area contributed by atoms with Gasteiger partial charge in [-0.1, -0.05) is 18.9 Å². The smallest absolute Gasteiger partial charge is 0.331 e. The first-order chi connectivity index (χ1) is 13.2. The summed E-state index contributed by atoms with van der Waals surface area (Å²) in [6, 6.07) is 9.76. The lowest BCUT2D eigenvalue weighted by Gasteiger charge is -2.56. The van der Waals surface area contributed by atoms with Crippen molar-refractivity contribution in [1.29, 1.82) is 0 Å². The Morgan fingerprint density at radius 1 is 1.25 bits per heavy atom. The predicted molar refractivity (Wildman–Crippen MR) is 108 cm³/mol. The van der Waals surface area contributed by atoms with Crippen molar-refractivity contribution in [2.24, 2.45) is 5.92 Å². The number of halogens is 1. The van der Waals surface area contributed by atoms with E-state index in [0.717, 1.165) is 19.4 Å². The van der Waals surface area contributed by atoms with E-state index in [-0.39, 0.29) is 29.4 Å². The third-order valence-electron chi connectivity index (χ3n) is 6.78. The molecule has 1 saturated heterocycles. The molecule has 6 nitrogen and oxygen atoms in total. The average molecular weight is 402 g/mol. The normalized spacial score (nSPS) is 27.7. The maximum atomic E-state index is 11.3. The minimum atomic E-state index is -0.450. The maximum absolute atomic E-state index is 11.3. The van der Waals surface area contributed by atoms with E-state index in [9.17, 15) is 10.1 Å². The molecule has 28 heavy (non-hydrogen) atoms. The topological polar surface area (TPSA) is 77.3 Å². The first kappa shape index (κ1) is 19.2. The number of benzene rings is 1. The molecule has 1 aliphatic heterocycles. The number of hydrogen-bond acceptors (Lipinski definition) is 5. The number of nitrogens with zero attached hydrogens (tertiary/aromatic N) is 2. The summed E-state index contributed by atoms with van der Waals surface area (Å²) < 4.78 is 5.88. The number of piperidine rings is 1. The molecule has 2 bridgehead atoms. The van der Waals surface area contributed by atoms with Gasteiger partial charge in [0.15, 0.2) is 0 Å². The van der Waals surface area contributed by atoms with Crippen molar-refractivity contribution >= 4 is 18.1 Å². The average Bonchev–Trinajstić information content (AvgIpc) is 2.69. The molecule has 2 aliphatic carbocycles. The summed E-state index contributed by atoms with van der Waals surface area (Å²) in [7, 11) is 0. The molecule has 2 heterocycles. The molecule has 3 atom stereocenters. The van der Waals surface area contributed by atoms with Gasteiger partial charge in [-0.3, -0.25) is 10.1 Å². The van der Waals surface area contributed by atoms with Crippen molar-refractivity contribution in [2.75, 3.05) is 6.54 Å². The fourth-order valence-electron chi connectivity index (χ4n) is 5.68. The lowest BCUT2D eigenvalue weighted by molar-refractivity contribution is -0.386. The Bertz CT molecular complexity index is 902. The van der Waals surface area contributed by atoms with Crippen molar-refractivity contribution in [3.05, 3.63) is 57.8 Å². The third-order valence-corrected chi connectivity index (χ3v) is 6.78. The molecule has 2 fully saturated rings. The Hall–Kier alpha value is -2.18. The molecule has 5 rings (SSSR count). The molecule has 0 unspecified atom stereocenters. The number of hydrogen-bond donors (Lipinski definition) is 1. The Labute approximate surface area is 170 Å². The van der Waals surface area contributed by atoms with Crippen LogP contribution in [0, 0.1) is 16.0 Å². The fourth-order valence-corrected chi connectivity index (χ4v) is 5.68. The summed E-state index contributed by atoms with van der Waals surface area (Å²) in [4.78, 5) is 14.9. The third kappa shape index (κ3) is 2.95. The van der Waals surface area contributed by atoms with Gasteiger partial charge in [0.2, 0.25) is 0 Å². The number of rotatable bonds is 3. The molecule has 3 aliphatic rings. The minimum absolute atomic E-state index is 0. The lowest BCUT2D eigenvalue weighted by atomic mass is 9.53. The van der Waals surface area contributed by atoms with Crippen molar-refractivity contribution in [3.8, 4) is 11.6 Å². The zero-order valence-corrected chi connectivity index (χ0v) is 16.4. The van der Waals surface area contributed by atoms with Crippen molar-refractivity contribution in [2.45, 2.75) is 50.0 Å². The summed E-state index contributed by atoms with van der Waals surface area (Å²) >= 11 is 0. The van der Waals surface area contributed by atoms with Crippen molar-refractivity contribution in [3.63, 3.8) is 0 Å². The molecule has 1 saturated carbocycles. The number of nitrogens with one attached hydrogen (secondary N) is 1. The molecule has 0 radical (unpaired) electrons. The van der Waals surface area contributed by atoms with Crippen LogP contribution in [0.25, 0.3) is 0 Å². The summed E-state index contributed by atoms with van der Waals surface area (Å²) in [6.07, 6.45) is 8.85. The van der Waals surface area contributed by atoms with E-state index >= 15 is 0 Å². The van der Waals surface area contributed by atoms with Crippen molar-refractivity contribution < 1.29 is 9.66 Å². The molecule has 2 aromatic rings. The van der Waals surface area contributed by atoms with E-state index in [4.69, 9.17) is 4.74 Å². The van der Waals surface area contributed by atoms with Gasteiger partial charge in [0, 0.05) is 23.7 Å². The number of ether oxygens (including phenoxy) is 1. The summed E-state index contributed by atoms with van der Waals surface area (Å²) in [5, 5.41) is 15.0. The molecular formula is C21H24ClN3O3. The Balaban J connectivity index is 0.00000192. The fraction of sp³-hybridized carbons (Fsp3) is 0.476. The van der Waals surface area contributed by atoms with Gasteiger partial charge >= 0.3 is 5.69 Å². The van der Waals surface area contributed by atoms with Crippen LogP contribution >= 0.6 is 12.4 Å². The molecule has 1 aromatic heterocycles. The number of nitro groups is 1. The van der Waals surface area contributed by atoms with E-state index in [1.807, 2.05) is 6.07 Å². The van der Waals surface area contributed by atoms with Gasteiger partial charge in [0.05, 0.1) is 4.92 Å².